The number of likely N-dealkylation sites (tertiary alicyclic amines) is 1. The Morgan fingerprint density at radius 2 is 1.81 bits per heavy atom. The number of carbonyl (C=O) groups is 4. The van der Waals surface area contributed by atoms with Crippen molar-refractivity contribution in [1.29, 1.82) is 0 Å². The molecule has 1 aliphatic heterocycles. The summed E-state index contributed by atoms with van der Waals surface area (Å²) < 4.78 is 4.82. The molecular formula is C18H22ClN3O5. The van der Waals surface area contributed by atoms with Crippen LogP contribution in [0.5, 0.6) is 0 Å². The number of amides is 3. The zero-order chi connectivity index (χ0) is 20.4. The first-order valence-electron chi connectivity index (χ1n) is 8.39. The van der Waals surface area contributed by atoms with Gasteiger partial charge in [-0.15, -0.1) is 0 Å². The van der Waals surface area contributed by atoms with Gasteiger partial charge in [0.05, 0.1) is 13.0 Å². The molecule has 0 saturated carbocycles. The van der Waals surface area contributed by atoms with E-state index in [2.05, 4.69) is 0 Å². The van der Waals surface area contributed by atoms with E-state index in [1.807, 2.05) is 0 Å². The van der Waals surface area contributed by atoms with Gasteiger partial charge in [0.15, 0.2) is 0 Å². The van der Waals surface area contributed by atoms with Crippen molar-refractivity contribution in [3.8, 4) is 0 Å². The van der Waals surface area contributed by atoms with Crippen LogP contribution in [0, 0.1) is 0 Å². The van der Waals surface area contributed by atoms with E-state index in [0.29, 0.717) is 10.6 Å². The first-order valence-corrected chi connectivity index (χ1v) is 8.77. The Morgan fingerprint density at radius 3 is 2.33 bits per heavy atom. The normalized spacial score (nSPS) is 19.6. The van der Waals surface area contributed by atoms with Crippen molar-refractivity contribution in [2.24, 2.45) is 0 Å². The molecule has 0 aliphatic carbocycles. The predicted molar refractivity (Wildman–Crippen MR) is 97.7 cm³/mol. The maximum absolute atomic E-state index is 13.0. The van der Waals surface area contributed by atoms with Crippen LogP contribution in [0.25, 0.3) is 0 Å². The van der Waals surface area contributed by atoms with Crippen LogP contribution in [0.2, 0.25) is 5.02 Å². The summed E-state index contributed by atoms with van der Waals surface area (Å²) in [6.45, 7) is 2.81. The fourth-order valence-electron chi connectivity index (χ4n) is 3.09. The molecule has 9 heteroatoms. The van der Waals surface area contributed by atoms with Crippen molar-refractivity contribution in [2.75, 3.05) is 27.2 Å². The number of halogens is 1. The van der Waals surface area contributed by atoms with Crippen LogP contribution in [-0.2, 0) is 19.1 Å². The number of hydrazine groups is 1. The Balaban J connectivity index is 2.34. The highest BCUT2D eigenvalue weighted by atomic mass is 35.5. The lowest BCUT2D eigenvalue weighted by atomic mass is 9.98. The molecule has 0 aromatic heterocycles. The highest BCUT2D eigenvalue weighted by Gasteiger charge is 2.55. The van der Waals surface area contributed by atoms with Crippen molar-refractivity contribution >= 4 is 35.3 Å². The van der Waals surface area contributed by atoms with E-state index >= 15 is 0 Å². The third-order valence-electron chi connectivity index (χ3n) is 4.25. The van der Waals surface area contributed by atoms with E-state index in [1.54, 1.807) is 45.3 Å². The Hall–Kier alpha value is -2.45. The van der Waals surface area contributed by atoms with Crippen molar-refractivity contribution in [1.82, 2.24) is 14.9 Å². The van der Waals surface area contributed by atoms with Crippen molar-refractivity contribution in [3.63, 3.8) is 0 Å². The van der Waals surface area contributed by atoms with E-state index in [1.165, 1.54) is 16.9 Å². The molecule has 146 valence electrons. The molecule has 0 N–H and O–H groups in total. The molecule has 0 spiro atoms. The Morgan fingerprint density at radius 1 is 1.22 bits per heavy atom. The van der Waals surface area contributed by atoms with Gasteiger partial charge in [-0.2, -0.15) is 0 Å². The first-order chi connectivity index (χ1) is 12.6. The summed E-state index contributed by atoms with van der Waals surface area (Å²) in [6.07, 6.45) is -0.233. The molecule has 1 aromatic rings. The molecule has 1 aliphatic rings. The summed E-state index contributed by atoms with van der Waals surface area (Å²) in [6, 6.07) is 6.23. The van der Waals surface area contributed by atoms with Crippen LogP contribution >= 0.6 is 11.6 Å². The van der Waals surface area contributed by atoms with Gasteiger partial charge in [0.25, 0.3) is 11.8 Å². The van der Waals surface area contributed by atoms with Crippen LogP contribution in [-0.4, -0.2) is 71.4 Å². The Labute approximate surface area is 162 Å². The molecule has 8 nitrogen and oxygen atoms in total. The van der Waals surface area contributed by atoms with Crippen molar-refractivity contribution in [2.45, 2.75) is 25.8 Å². The number of imide groups is 1. The largest absolute Gasteiger partial charge is 0.465 e. The Bertz CT molecular complexity index is 765. The topological polar surface area (TPSA) is 87.2 Å². The molecule has 3 amide bonds. The number of hydrogen-bond donors (Lipinski definition) is 0. The molecule has 1 atom stereocenters. The van der Waals surface area contributed by atoms with E-state index in [-0.39, 0.29) is 13.0 Å². The van der Waals surface area contributed by atoms with Crippen molar-refractivity contribution < 1.29 is 23.9 Å². The van der Waals surface area contributed by atoms with Gasteiger partial charge in [-0.25, -0.2) is 5.01 Å². The van der Waals surface area contributed by atoms with Gasteiger partial charge in [-0.3, -0.25) is 29.1 Å². The van der Waals surface area contributed by atoms with Gasteiger partial charge in [-0.05, 0) is 38.1 Å². The van der Waals surface area contributed by atoms with Gasteiger partial charge in [-0.1, -0.05) is 11.6 Å². The minimum absolute atomic E-state index is 0.144. The third-order valence-corrected chi connectivity index (χ3v) is 4.50. The number of hydrogen-bond acceptors (Lipinski definition) is 6. The molecule has 1 saturated heterocycles. The summed E-state index contributed by atoms with van der Waals surface area (Å²) in [5.41, 5.74) is -1.14. The number of carbonyl (C=O) groups excluding carboxylic acids is 4. The number of rotatable bonds is 6. The Kier molecular flexibility index (Phi) is 6.22. The standard InChI is InChI=1S/C18H22ClN3O5/c1-5-27-15(24)11-21-14(23)10-18(2,17(21)26)22(20(3)4)16(25)12-6-8-13(19)9-7-12/h6-9H,5,10-11H2,1-4H3/t18-/m1/s1. The average molecular weight is 396 g/mol. The van der Waals surface area contributed by atoms with Crippen LogP contribution in [0.15, 0.2) is 24.3 Å². The molecule has 0 bridgehead atoms. The van der Waals surface area contributed by atoms with E-state index < -0.39 is 35.8 Å². The highest BCUT2D eigenvalue weighted by molar-refractivity contribution is 6.30. The van der Waals surface area contributed by atoms with Gasteiger partial charge in [0.2, 0.25) is 5.91 Å². The van der Waals surface area contributed by atoms with Crippen LogP contribution < -0.4 is 0 Å². The second-order valence-electron chi connectivity index (χ2n) is 6.51. The van der Waals surface area contributed by atoms with Crippen molar-refractivity contribution in [3.05, 3.63) is 34.9 Å². The molecule has 0 unspecified atom stereocenters. The number of nitrogens with zero attached hydrogens (tertiary/aromatic N) is 3. The average Bonchev–Trinajstić information content (AvgIpc) is 2.79. The molecular weight excluding hydrogens is 374 g/mol. The van der Waals surface area contributed by atoms with Crippen LogP contribution in [0.3, 0.4) is 0 Å². The lowest BCUT2D eigenvalue weighted by molar-refractivity contribution is -0.154. The quantitative estimate of drug-likeness (QED) is 0.410. The predicted octanol–water partition coefficient (Wildman–Crippen LogP) is 1.34. The van der Waals surface area contributed by atoms with E-state index in [9.17, 15) is 19.2 Å². The molecule has 1 aromatic carbocycles. The van der Waals surface area contributed by atoms with Gasteiger partial charge in [0.1, 0.15) is 12.1 Å². The number of benzene rings is 1. The summed E-state index contributed by atoms with van der Waals surface area (Å²) >= 11 is 5.86. The molecule has 1 fully saturated rings. The summed E-state index contributed by atoms with van der Waals surface area (Å²) in [4.78, 5) is 51.0. The highest BCUT2D eigenvalue weighted by Crippen LogP contribution is 2.32. The third kappa shape index (κ3) is 4.12. The zero-order valence-electron chi connectivity index (χ0n) is 15.7. The lowest BCUT2D eigenvalue weighted by Crippen LogP contribution is -2.60. The fourth-order valence-corrected chi connectivity index (χ4v) is 3.22. The zero-order valence-corrected chi connectivity index (χ0v) is 16.4. The summed E-state index contributed by atoms with van der Waals surface area (Å²) in [5.74, 6) is -2.30. The molecule has 27 heavy (non-hydrogen) atoms. The smallest absolute Gasteiger partial charge is 0.326 e. The summed E-state index contributed by atoms with van der Waals surface area (Å²) in [7, 11) is 3.20. The van der Waals surface area contributed by atoms with Crippen LogP contribution in [0.4, 0.5) is 0 Å². The first kappa shape index (κ1) is 20.9. The summed E-state index contributed by atoms with van der Waals surface area (Å²) in [5, 5.41) is 3.15. The maximum atomic E-state index is 13.0. The SMILES string of the molecule is CCOC(=O)CN1C(=O)C[C@@](C)(N(C(=O)c2ccc(Cl)cc2)N(C)C)C1=O. The van der Waals surface area contributed by atoms with Gasteiger partial charge >= 0.3 is 5.97 Å². The van der Waals surface area contributed by atoms with Crippen LogP contribution in [0.1, 0.15) is 30.6 Å². The molecule has 2 rings (SSSR count). The second kappa shape index (κ2) is 8.06. The fraction of sp³-hybridized carbons (Fsp3) is 0.444. The second-order valence-corrected chi connectivity index (χ2v) is 6.95. The minimum atomic E-state index is -1.45. The monoisotopic (exact) mass is 395 g/mol. The van der Waals surface area contributed by atoms with E-state index in [4.69, 9.17) is 16.3 Å². The number of ether oxygens (including phenoxy) is 1. The molecule has 0 radical (unpaired) electrons. The molecule has 1 heterocycles. The number of esters is 1. The van der Waals surface area contributed by atoms with Gasteiger partial charge < -0.3 is 4.74 Å². The minimum Gasteiger partial charge on any atom is -0.465 e. The lowest BCUT2D eigenvalue weighted by Gasteiger charge is -2.40. The van der Waals surface area contributed by atoms with E-state index in [0.717, 1.165) is 4.90 Å². The van der Waals surface area contributed by atoms with Gasteiger partial charge in [0, 0.05) is 24.7 Å². The maximum Gasteiger partial charge on any atom is 0.326 e.